The molecule has 35 heavy (non-hydrogen) atoms. The summed E-state index contributed by atoms with van der Waals surface area (Å²) in [6, 6.07) is 17.2. The number of halogens is 4. The van der Waals surface area contributed by atoms with E-state index in [0.717, 1.165) is 10.4 Å². The standard InChI is InChI=1S/C26H24ClF3N2O2S/c1-3-25(4-2,24(33)34)17-9-7-8-16(14-17)21-12-13-22(35-21)20(15-23(31)26(28,29)30)32-19-11-6-5-10-18(19)27/h5-14,31H,3-4,15H2,1-2H3,(H,33,34). The number of benzene rings is 2. The summed E-state index contributed by atoms with van der Waals surface area (Å²) < 4.78 is 39.5. The summed E-state index contributed by atoms with van der Waals surface area (Å²) in [5.41, 5.74) is -0.602. The molecule has 3 rings (SSSR count). The molecule has 0 aliphatic rings. The lowest BCUT2D eigenvalue weighted by Crippen LogP contribution is -2.34. The van der Waals surface area contributed by atoms with Gasteiger partial charge in [0.25, 0.3) is 0 Å². The zero-order chi connectivity index (χ0) is 25.8. The van der Waals surface area contributed by atoms with Gasteiger partial charge in [0.1, 0.15) is 5.71 Å². The van der Waals surface area contributed by atoms with Gasteiger partial charge in [-0.1, -0.05) is 55.8 Å². The first-order valence-electron chi connectivity index (χ1n) is 10.9. The van der Waals surface area contributed by atoms with Crippen LogP contribution < -0.4 is 0 Å². The van der Waals surface area contributed by atoms with Crippen molar-refractivity contribution in [3.8, 4) is 10.4 Å². The van der Waals surface area contributed by atoms with Crippen molar-refractivity contribution in [3.05, 3.63) is 76.1 Å². The largest absolute Gasteiger partial charge is 0.481 e. The number of rotatable bonds is 9. The highest BCUT2D eigenvalue weighted by Crippen LogP contribution is 2.37. The Labute approximate surface area is 210 Å². The summed E-state index contributed by atoms with van der Waals surface area (Å²) >= 11 is 7.40. The van der Waals surface area contributed by atoms with Crippen molar-refractivity contribution < 1.29 is 23.1 Å². The van der Waals surface area contributed by atoms with Crippen LogP contribution in [0.4, 0.5) is 18.9 Å². The molecule has 1 aromatic heterocycles. The summed E-state index contributed by atoms with van der Waals surface area (Å²) in [6.07, 6.45) is -4.63. The molecule has 0 aliphatic carbocycles. The van der Waals surface area contributed by atoms with Crippen LogP contribution in [0.2, 0.25) is 5.02 Å². The maximum absolute atomic E-state index is 13.2. The first-order chi connectivity index (χ1) is 16.5. The summed E-state index contributed by atoms with van der Waals surface area (Å²) in [4.78, 5) is 17.7. The van der Waals surface area contributed by atoms with Gasteiger partial charge in [0.2, 0.25) is 0 Å². The van der Waals surface area contributed by atoms with E-state index in [9.17, 15) is 23.1 Å². The number of para-hydroxylation sites is 1. The molecule has 4 nitrogen and oxygen atoms in total. The lowest BCUT2D eigenvalue weighted by Gasteiger charge is -2.27. The molecule has 0 amide bonds. The fourth-order valence-electron chi connectivity index (χ4n) is 3.84. The highest BCUT2D eigenvalue weighted by molar-refractivity contribution is 7.17. The Morgan fingerprint density at radius 2 is 1.74 bits per heavy atom. The number of nitrogens with one attached hydrogen (secondary N) is 1. The number of carbonyl (C=O) groups is 1. The van der Waals surface area contributed by atoms with Crippen molar-refractivity contribution in [1.82, 2.24) is 0 Å². The number of hydrogen-bond acceptors (Lipinski definition) is 4. The van der Waals surface area contributed by atoms with Crippen LogP contribution in [0.1, 0.15) is 43.6 Å². The Morgan fingerprint density at radius 1 is 1.06 bits per heavy atom. The third kappa shape index (κ3) is 5.82. The van der Waals surface area contributed by atoms with Gasteiger partial charge in [-0.15, -0.1) is 11.3 Å². The van der Waals surface area contributed by atoms with E-state index in [2.05, 4.69) is 4.99 Å². The van der Waals surface area contributed by atoms with Crippen LogP contribution in [0, 0.1) is 5.41 Å². The van der Waals surface area contributed by atoms with Crippen LogP contribution in [0.3, 0.4) is 0 Å². The molecular formula is C26H24ClF3N2O2S. The molecule has 2 aromatic carbocycles. The molecule has 0 bridgehead atoms. The van der Waals surface area contributed by atoms with Crippen molar-refractivity contribution in [2.45, 2.75) is 44.7 Å². The Bertz CT molecular complexity index is 1260. The average molecular weight is 521 g/mol. The van der Waals surface area contributed by atoms with Gasteiger partial charge >= 0.3 is 12.1 Å². The molecule has 0 radical (unpaired) electrons. The lowest BCUT2D eigenvalue weighted by atomic mass is 9.75. The van der Waals surface area contributed by atoms with Crippen LogP contribution in [-0.2, 0) is 10.2 Å². The van der Waals surface area contributed by atoms with Gasteiger partial charge in [-0.3, -0.25) is 9.79 Å². The minimum Gasteiger partial charge on any atom is -0.481 e. The van der Waals surface area contributed by atoms with E-state index >= 15 is 0 Å². The first-order valence-corrected chi connectivity index (χ1v) is 12.1. The number of aliphatic imine (C=N–C) groups is 1. The molecule has 0 unspecified atom stereocenters. The summed E-state index contributed by atoms with van der Waals surface area (Å²) in [6.45, 7) is 3.67. The van der Waals surface area contributed by atoms with Crippen LogP contribution in [0.5, 0.6) is 0 Å². The van der Waals surface area contributed by atoms with Gasteiger partial charge in [0.05, 0.1) is 21.8 Å². The van der Waals surface area contributed by atoms with Crippen LogP contribution in [0.15, 0.2) is 65.7 Å². The smallest absolute Gasteiger partial charge is 0.429 e. The Morgan fingerprint density at radius 3 is 2.34 bits per heavy atom. The van der Waals surface area contributed by atoms with Gasteiger partial charge in [-0.25, -0.2) is 0 Å². The summed E-state index contributed by atoms with van der Waals surface area (Å²) in [5.74, 6) is -0.897. The normalized spacial score (nSPS) is 12.6. The number of aliphatic carboxylic acids is 1. The number of hydrogen-bond donors (Lipinski definition) is 2. The van der Waals surface area contributed by atoms with Crippen molar-refractivity contribution >= 4 is 46.0 Å². The van der Waals surface area contributed by atoms with Crippen molar-refractivity contribution in [1.29, 1.82) is 5.41 Å². The van der Waals surface area contributed by atoms with E-state index in [1.165, 1.54) is 11.3 Å². The molecule has 0 fully saturated rings. The highest BCUT2D eigenvalue weighted by Gasteiger charge is 2.37. The monoisotopic (exact) mass is 520 g/mol. The van der Waals surface area contributed by atoms with Crippen LogP contribution >= 0.6 is 22.9 Å². The molecule has 0 aliphatic heterocycles. The van der Waals surface area contributed by atoms with Crippen LogP contribution in [-0.4, -0.2) is 28.7 Å². The molecule has 2 N–H and O–H groups in total. The van der Waals surface area contributed by atoms with Gasteiger partial charge in [0.15, 0.2) is 0 Å². The van der Waals surface area contributed by atoms with Gasteiger partial charge < -0.3 is 10.5 Å². The van der Waals surface area contributed by atoms with Gasteiger partial charge in [-0.2, -0.15) is 13.2 Å². The topological polar surface area (TPSA) is 73.5 Å². The molecule has 0 saturated heterocycles. The van der Waals surface area contributed by atoms with E-state index in [0.29, 0.717) is 29.0 Å². The predicted molar refractivity (Wildman–Crippen MR) is 136 cm³/mol. The quantitative estimate of drug-likeness (QED) is 0.278. The lowest BCUT2D eigenvalue weighted by molar-refractivity contribution is -0.144. The molecule has 184 valence electrons. The number of nitrogens with zero attached hydrogens (tertiary/aromatic N) is 1. The Hall–Kier alpha value is -2.97. The van der Waals surface area contributed by atoms with Crippen molar-refractivity contribution in [2.24, 2.45) is 4.99 Å². The third-order valence-electron chi connectivity index (χ3n) is 6.00. The minimum atomic E-state index is -4.77. The fraction of sp³-hybridized carbons (Fsp3) is 0.269. The average Bonchev–Trinajstić information content (AvgIpc) is 3.31. The van der Waals surface area contributed by atoms with E-state index in [1.54, 1.807) is 48.5 Å². The number of thiophene rings is 1. The Kier molecular flexibility index (Phi) is 8.18. The van der Waals surface area contributed by atoms with Crippen molar-refractivity contribution in [2.75, 3.05) is 0 Å². The number of carboxylic acid groups (broad SMARTS) is 1. The van der Waals surface area contributed by atoms with Crippen molar-refractivity contribution in [3.63, 3.8) is 0 Å². The molecule has 0 spiro atoms. The maximum atomic E-state index is 13.2. The first kappa shape index (κ1) is 26.6. The highest BCUT2D eigenvalue weighted by atomic mass is 35.5. The SMILES string of the molecule is CCC(CC)(C(=O)O)c1cccc(-c2ccc(C(CC(=N)C(F)(F)F)=Nc3ccccc3Cl)s2)c1. The summed E-state index contributed by atoms with van der Waals surface area (Å²) in [7, 11) is 0. The number of carboxylic acids is 1. The van der Waals surface area contributed by atoms with E-state index in [4.69, 9.17) is 17.0 Å². The molecule has 3 aromatic rings. The number of alkyl halides is 3. The van der Waals surface area contributed by atoms with Gasteiger partial charge in [0, 0.05) is 16.2 Å². The maximum Gasteiger partial charge on any atom is 0.429 e. The second kappa shape index (κ2) is 10.7. The molecule has 0 saturated carbocycles. The molecule has 1 heterocycles. The molecule has 0 atom stereocenters. The second-order valence-electron chi connectivity index (χ2n) is 8.00. The zero-order valence-electron chi connectivity index (χ0n) is 19.1. The fourth-order valence-corrected chi connectivity index (χ4v) is 5.01. The van der Waals surface area contributed by atoms with E-state index in [1.807, 2.05) is 26.0 Å². The van der Waals surface area contributed by atoms with E-state index < -0.39 is 29.7 Å². The Balaban J connectivity index is 2.05. The van der Waals surface area contributed by atoms with Crippen LogP contribution in [0.25, 0.3) is 10.4 Å². The molecular weight excluding hydrogens is 497 g/mol. The second-order valence-corrected chi connectivity index (χ2v) is 9.49. The summed E-state index contributed by atoms with van der Waals surface area (Å²) in [5, 5.41) is 17.7. The minimum absolute atomic E-state index is 0.0785. The molecule has 9 heteroatoms. The zero-order valence-corrected chi connectivity index (χ0v) is 20.7. The predicted octanol–water partition coefficient (Wildman–Crippen LogP) is 8.30. The van der Waals surface area contributed by atoms with Gasteiger partial charge in [-0.05, 0) is 54.3 Å². The van der Waals surface area contributed by atoms with E-state index in [-0.39, 0.29) is 10.7 Å². The third-order valence-corrected chi connectivity index (χ3v) is 7.50.